The number of rotatable bonds is 4. The Kier molecular flexibility index (Phi) is 2.98. The zero-order valence-corrected chi connectivity index (χ0v) is 10.7. The van der Waals surface area contributed by atoms with E-state index in [1.807, 2.05) is 12.1 Å². The van der Waals surface area contributed by atoms with Crippen molar-refractivity contribution in [1.29, 1.82) is 0 Å². The number of pyridine rings is 1. The van der Waals surface area contributed by atoms with E-state index in [4.69, 9.17) is 0 Å². The number of nitrogens with zero attached hydrogens (tertiary/aromatic N) is 4. The standard InChI is InChI=1S/C13H15N5O/c1-18(8-9-4-6-14-7-5-9)13(19)12-15-11(16-17-12)10-2-3-10/h4-7,10H,2-3,8H2,1H3,(H,15,16,17). The van der Waals surface area contributed by atoms with Gasteiger partial charge in [0.1, 0.15) is 5.82 Å². The van der Waals surface area contributed by atoms with Gasteiger partial charge in [-0.25, -0.2) is 4.98 Å². The summed E-state index contributed by atoms with van der Waals surface area (Å²) >= 11 is 0. The summed E-state index contributed by atoms with van der Waals surface area (Å²) in [6.07, 6.45) is 5.70. The molecule has 0 aliphatic heterocycles. The van der Waals surface area contributed by atoms with Gasteiger partial charge in [-0.1, -0.05) is 0 Å². The summed E-state index contributed by atoms with van der Waals surface area (Å²) in [4.78, 5) is 22.0. The van der Waals surface area contributed by atoms with E-state index in [1.54, 1.807) is 24.3 Å². The third-order valence-corrected chi connectivity index (χ3v) is 3.17. The summed E-state index contributed by atoms with van der Waals surface area (Å²) in [7, 11) is 1.75. The molecule has 3 rings (SSSR count). The van der Waals surface area contributed by atoms with Crippen molar-refractivity contribution in [2.45, 2.75) is 25.3 Å². The normalized spacial score (nSPS) is 14.4. The van der Waals surface area contributed by atoms with Gasteiger partial charge in [0, 0.05) is 31.9 Å². The lowest BCUT2D eigenvalue weighted by Gasteiger charge is -2.14. The van der Waals surface area contributed by atoms with Gasteiger partial charge in [0.05, 0.1) is 0 Å². The minimum Gasteiger partial charge on any atom is -0.335 e. The predicted molar refractivity (Wildman–Crippen MR) is 68.4 cm³/mol. The third-order valence-electron chi connectivity index (χ3n) is 3.17. The van der Waals surface area contributed by atoms with E-state index in [1.165, 1.54) is 0 Å². The number of carbonyl (C=O) groups is 1. The number of hydrogen-bond donors (Lipinski definition) is 1. The first-order chi connectivity index (χ1) is 9.24. The van der Waals surface area contributed by atoms with E-state index in [2.05, 4.69) is 20.2 Å². The van der Waals surface area contributed by atoms with Crippen LogP contribution in [0.4, 0.5) is 0 Å². The SMILES string of the molecule is CN(Cc1ccncc1)C(=O)c1n[nH]c(C2CC2)n1. The van der Waals surface area contributed by atoms with Crippen molar-refractivity contribution in [2.75, 3.05) is 7.05 Å². The predicted octanol–water partition coefficient (Wildman–Crippen LogP) is 1.35. The molecule has 1 N–H and O–H groups in total. The molecule has 0 atom stereocenters. The molecule has 1 saturated carbocycles. The highest BCUT2D eigenvalue weighted by atomic mass is 16.2. The van der Waals surface area contributed by atoms with Crippen molar-refractivity contribution in [1.82, 2.24) is 25.1 Å². The Labute approximate surface area is 110 Å². The van der Waals surface area contributed by atoms with Crippen molar-refractivity contribution < 1.29 is 4.79 Å². The van der Waals surface area contributed by atoms with Crippen LogP contribution in [-0.2, 0) is 6.54 Å². The zero-order valence-electron chi connectivity index (χ0n) is 10.7. The summed E-state index contributed by atoms with van der Waals surface area (Å²) in [5, 5.41) is 6.85. The molecule has 0 radical (unpaired) electrons. The maximum atomic E-state index is 12.2. The highest BCUT2D eigenvalue weighted by Gasteiger charge is 2.28. The first-order valence-electron chi connectivity index (χ1n) is 6.30. The number of nitrogens with one attached hydrogen (secondary N) is 1. The molecule has 2 aromatic rings. The topological polar surface area (TPSA) is 74.8 Å². The molecule has 0 aromatic carbocycles. The van der Waals surface area contributed by atoms with Crippen LogP contribution < -0.4 is 0 Å². The smallest absolute Gasteiger partial charge is 0.293 e. The van der Waals surface area contributed by atoms with E-state index < -0.39 is 0 Å². The highest BCUT2D eigenvalue weighted by Crippen LogP contribution is 2.37. The quantitative estimate of drug-likeness (QED) is 0.897. The largest absolute Gasteiger partial charge is 0.335 e. The van der Waals surface area contributed by atoms with Crippen LogP contribution in [0.1, 0.15) is 40.8 Å². The van der Waals surface area contributed by atoms with Crippen LogP contribution >= 0.6 is 0 Å². The van der Waals surface area contributed by atoms with Crippen LogP contribution in [-0.4, -0.2) is 38.0 Å². The van der Waals surface area contributed by atoms with Crippen molar-refractivity contribution in [3.05, 3.63) is 41.7 Å². The number of hydrogen-bond acceptors (Lipinski definition) is 4. The Balaban J connectivity index is 1.68. The molecular formula is C13H15N5O. The minimum atomic E-state index is -0.167. The number of H-pyrrole nitrogens is 1. The van der Waals surface area contributed by atoms with Gasteiger partial charge in [-0.05, 0) is 30.5 Å². The third kappa shape index (κ3) is 2.62. The van der Waals surface area contributed by atoms with E-state index in [0.29, 0.717) is 12.5 Å². The van der Waals surface area contributed by atoms with Crippen molar-refractivity contribution in [3.8, 4) is 0 Å². The molecule has 1 aliphatic carbocycles. The van der Waals surface area contributed by atoms with Crippen LogP contribution in [0.5, 0.6) is 0 Å². The molecule has 0 unspecified atom stereocenters. The molecule has 0 spiro atoms. The van der Waals surface area contributed by atoms with Gasteiger partial charge < -0.3 is 4.90 Å². The molecule has 0 saturated heterocycles. The summed E-state index contributed by atoms with van der Waals surface area (Å²) in [5.41, 5.74) is 1.03. The van der Waals surface area contributed by atoms with Crippen molar-refractivity contribution >= 4 is 5.91 Å². The van der Waals surface area contributed by atoms with Crippen LogP contribution in [0.3, 0.4) is 0 Å². The molecule has 6 nitrogen and oxygen atoms in total. The summed E-state index contributed by atoms with van der Waals surface area (Å²) in [6.45, 7) is 0.522. The monoisotopic (exact) mass is 257 g/mol. The Morgan fingerprint density at radius 2 is 2.16 bits per heavy atom. The van der Waals surface area contributed by atoms with Gasteiger partial charge in [-0.15, -0.1) is 5.10 Å². The first kappa shape index (κ1) is 11.8. The summed E-state index contributed by atoms with van der Waals surface area (Å²) < 4.78 is 0. The van der Waals surface area contributed by atoms with Gasteiger partial charge in [0.25, 0.3) is 5.91 Å². The Bertz CT molecular complexity index is 576. The number of carbonyl (C=O) groups excluding carboxylic acids is 1. The number of aromatic nitrogens is 4. The van der Waals surface area contributed by atoms with Crippen LogP contribution in [0.2, 0.25) is 0 Å². The van der Waals surface area contributed by atoms with Crippen LogP contribution in [0, 0.1) is 0 Å². The Hall–Kier alpha value is -2.24. The minimum absolute atomic E-state index is 0.167. The average Bonchev–Trinajstić information content (AvgIpc) is 3.17. The molecule has 1 amide bonds. The van der Waals surface area contributed by atoms with Crippen molar-refractivity contribution in [3.63, 3.8) is 0 Å². The molecule has 19 heavy (non-hydrogen) atoms. The fourth-order valence-corrected chi connectivity index (χ4v) is 1.91. The molecular weight excluding hydrogens is 242 g/mol. The average molecular weight is 257 g/mol. The highest BCUT2D eigenvalue weighted by molar-refractivity contribution is 5.90. The van der Waals surface area contributed by atoms with Crippen LogP contribution in [0.25, 0.3) is 0 Å². The van der Waals surface area contributed by atoms with Gasteiger partial charge in [-0.2, -0.15) is 0 Å². The molecule has 1 fully saturated rings. The van der Waals surface area contributed by atoms with Gasteiger partial charge in [0.15, 0.2) is 0 Å². The van der Waals surface area contributed by atoms with E-state index in [-0.39, 0.29) is 11.7 Å². The lowest BCUT2D eigenvalue weighted by atomic mass is 10.2. The van der Waals surface area contributed by atoms with E-state index in [9.17, 15) is 4.79 Å². The lowest BCUT2D eigenvalue weighted by molar-refractivity contribution is 0.0773. The Morgan fingerprint density at radius 1 is 1.42 bits per heavy atom. The molecule has 1 aliphatic rings. The second kappa shape index (κ2) is 4.79. The molecule has 2 aromatic heterocycles. The van der Waals surface area contributed by atoms with Gasteiger partial charge in [-0.3, -0.25) is 14.9 Å². The molecule has 0 bridgehead atoms. The second-order valence-electron chi connectivity index (χ2n) is 4.84. The molecule has 6 heteroatoms. The molecule has 2 heterocycles. The maximum absolute atomic E-state index is 12.2. The van der Waals surface area contributed by atoms with Gasteiger partial charge in [0.2, 0.25) is 5.82 Å². The Morgan fingerprint density at radius 3 is 2.84 bits per heavy atom. The fraction of sp³-hybridized carbons (Fsp3) is 0.385. The van der Waals surface area contributed by atoms with Crippen LogP contribution in [0.15, 0.2) is 24.5 Å². The number of aromatic amines is 1. The summed E-state index contributed by atoms with van der Waals surface area (Å²) in [5.74, 6) is 1.39. The zero-order chi connectivity index (χ0) is 13.2. The first-order valence-corrected chi connectivity index (χ1v) is 6.30. The van der Waals surface area contributed by atoms with E-state index in [0.717, 1.165) is 24.2 Å². The maximum Gasteiger partial charge on any atom is 0.293 e. The molecule has 98 valence electrons. The number of amides is 1. The summed E-state index contributed by atoms with van der Waals surface area (Å²) in [6, 6.07) is 3.77. The van der Waals surface area contributed by atoms with Crippen molar-refractivity contribution in [2.24, 2.45) is 0 Å². The van der Waals surface area contributed by atoms with E-state index >= 15 is 0 Å². The second-order valence-corrected chi connectivity index (χ2v) is 4.84. The van der Waals surface area contributed by atoms with Gasteiger partial charge >= 0.3 is 0 Å². The lowest BCUT2D eigenvalue weighted by Crippen LogP contribution is -2.27. The fourth-order valence-electron chi connectivity index (χ4n) is 1.91.